The number of benzene rings is 2. The normalized spacial score (nSPS) is 14.2. The van der Waals surface area contributed by atoms with Crippen LogP contribution in [0.15, 0.2) is 42.5 Å². The van der Waals surface area contributed by atoms with Crippen molar-refractivity contribution >= 4 is 16.7 Å². The van der Waals surface area contributed by atoms with Gasteiger partial charge in [0.05, 0.1) is 0 Å². The second-order valence-electron chi connectivity index (χ2n) is 4.87. The zero-order chi connectivity index (χ0) is 13.8. The Bertz CT molecular complexity index is 580. The first-order valence-corrected chi connectivity index (χ1v) is 6.60. The molecular formula is C16H19NO2. The number of nitrogens with two attached hydrogens (primary N) is 1. The lowest BCUT2D eigenvalue weighted by Gasteiger charge is -2.21. The molecular weight excluding hydrogens is 238 g/mol. The van der Waals surface area contributed by atoms with E-state index in [9.17, 15) is 4.79 Å². The van der Waals surface area contributed by atoms with Crippen molar-refractivity contribution < 1.29 is 9.90 Å². The molecule has 0 fully saturated rings. The summed E-state index contributed by atoms with van der Waals surface area (Å²) in [5, 5.41) is 11.4. The molecule has 0 amide bonds. The molecule has 100 valence electrons. The fourth-order valence-electron chi connectivity index (χ4n) is 2.48. The highest BCUT2D eigenvalue weighted by atomic mass is 16.4. The molecule has 0 heterocycles. The van der Waals surface area contributed by atoms with Crippen molar-refractivity contribution in [3.63, 3.8) is 0 Å². The summed E-state index contributed by atoms with van der Waals surface area (Å²) in [6.45, 7) is 2.04. The molecule has 0 aliphatic carbocycles. The zero-order valence-electron chi connectivity index (χ0n) is 11.0. The third kappa shape index (κ3) is 2.93. The quantitative estimate of drug-likeness (QED) is 0.865. The second-order valence-corrected chi connectivity index (χ2v) is 4.87. The maximum Gasteiger partial charge on any atom is 0.321 e. The van der Waals surface area contributed by atoms with E-state index >= 15 is 0 Å². The van der Waals surface area contributed by atoms with Crippen LogP contribution in [0.2, 0.25) is 0 Å². The van der Waals surface area contributed by atoms with E-state index in [1.807, 2.05) is 43.3 Å². The summed E-state index contributed by atoms with van der Waals surface area (Å²) < 4.78 is 0. The number of hydrogen-bond donors (Lipinski definition) is 2. The van der Waals surface area contributed by atoms with Crippen LogP contribution >= 0.6 is 0 Å². The van der Waals surface area contributed by atoms with Crippen LogP contribution in [-0.2, 0) is 4.79 Å². The summed E-state index contributed by atoms with van der Waals surface area (Å²) in [5.74, 6) is -1.07. The summed E-state index contributed by atoms with van der Waals surface area (Å²) in [7, 11) is 0. The van der Waals surface area contributed by atoms with Crippen molar-refractivity contribution in [3.8, 4) is 0 Å². The predicted molar refractivity (Wildman–Crippen MR) is 77.2 cm³/mol. The van der Waals surface area contributed by atoms with Crippen LogP contribution < -0.4 is 5.73 Å². The molecule has 0 bridgehead atoms. The van der Waals surface area contributed by atoms with Gasteiger partial charge in [-0.3, -0.25) is 4.79 Å². The van der Waals surface area contributed by atoms with Gasteiger partial charge in [-0.15, -0.1) is 0 Å². The molecule has 0 aliphatic heterocycles. The Morgan fingerprint density at radius 1 is 1.21 bits per heavy atom. The van der Waals surface area contributed by atoms with E-state index in [4.69, 9.17) is 10.8 Å². The number of carboxylic acids is 1. The van der Waals surface area contributed by atoms with Crippen molar-refractivity contribution in [1.82, 2.24) is 0 Å². The van der Waals surface area contributed by atoms with E-state index in [2.05, 4.69) is 6.07 Å². The molecule has 2 unspecified atom stereocenters. The van der Waals surface area contributed by atoms with Crippen molar-refractivity contribution in [2.75, 3.05) is 0 Å². The van der Waals surface area contributed by atoms with Gasteiger partial charge in [0.2, 0.25) is 0 Å². The Labute approximate surface area is 113 Å². The van der Waals surface area contributed by atoms with E-state index in [0.29, 0.717) is 0 Å². The molecule has 2 aromatic rings. The van der Waals surface area contributed by atoms with Crippen LogP contribution in [0.25, 0.3) is 10.8 Å². The molecule has 3 nitrogen and oxygen atoms in total. The van der Waals surface area contributed by atoms with Gasteiger partial charge in [0.1, 0.15) is 6.04 Å². The molecule has 0 spiro atoms. The molecule has 2 aromatic carbocycles. The van der Waals surface area contributed by atoms with E-state index in [0.717, 1.165) is 29.2 Å². The van der Waals surface area contributed by atoms with Crippen LogP contribution in [0.5, 0.6) is 0 Å². The van der Waals surface area contributed by atoms with Gasteiger partial charge in [0.15, 0.2) is 0 Å². The lowest BCUT2D eigenvalue weighted by Crippen LogP contribution is -2.36. The first-order valence-electron chi connectivity index (χ1n) is 6.60. The maximum absolute atomic E-state index is 11.1. The molecule has 3 N–H and O–H groups in total. The van der Waals surface area contributed by atoms with Gasteiger partial charge in [-0.2, -0.15) is 0 Å². The van der Waals surface area contributed by atoms with Crippen LogP contribution in [0, 0.1) is 0 Å². The molecule has 0 aliphatic rings. The fraction of sp³-hybridized carbons (Fsp3) is 0.312. The minimum atomic E-state index is -0.938. The fourth-order valence-corrected chi connectivity index (χ4v) is 2.48. The van der Waals surface area contributed by atoms with Crippen LogP contribution in [-0.4, -0.2) is 17.1 Å². The summed E-state index contributed by atoms with van der Waals surface area (Å²) in [6, 6.07) is 13.3. The third-order valence-electron chi connectivity index (χ3n) is 3.52. The SMILES string of the molecule is CCCC(c1ccc2ccccc2c1)C(N)C(=O)O. The minimum absolute atomic E-state index is 0.132. The maximum atomic E-state index is 11.1. The summed E-state index contributed by atoms with van der Waals surface area (Å²) >= 11 is 0. The Kier molecular flexibility index (Phi) is 4.17. The minimum Gasteiger partial charge on any atom is -0.480 e. The van der Waals surface area contributed by atoms with E-state index < -0.39 is 12.0 Å². The van der Waals surface area contributed by atoms with Crippen molar-refractivity contribution in [2.45, 2.75) is 31.7 Å². The summed E-state index contributed by atoms with van der Waals surface area (Å²) in [6.07, 6.45) is 1.70. The van der Waals surface area contributed by atoms with E-state index in [1.54, 1.807) is 0 Å². The van der Waals surface area contributed by atoms with Crippen LogP contribution in [0.1, 0.15) is 31.2 Å². The Morgan fingerprint density at radius 2 is 1.89 bits per heavy atom. The average Bonchev–Trinajstić information content (AvgIpc) is 2.43. The number of fused-ring (bicyclic) bond motifs is 1. The second kappa shape index (κ2) is 5.85. The highest BCUT2D eigenvalue weighted by Gasteiger charge is 2.25. The molecule has 3 heteroatoms. The highest BCUT2D eigenvalue weighted by Crippen LogP contribution is 2.27. The summed E-state index contributed by atoms with van der Waals surface area (Å²) in [5.41, 5.74) is 6.83. The van der Waals surface area contributed by atoms with Gasteiger partial charge in [0.25, 0.3) is 0 Å². The number of rotatable bonds is 5. The molecule has 0 radical (unpaired) electrons. The van der Waals surface area contributed by atoms with Gasteiger partial charge < -0.3 is 10.8 Å². The Balaban J connectivity index is 2.41. The Hall–Kier alpha value is -1.87. The van der Waals surface area contributed by atoms with Gasteiger partial charge in [-0.1, -0.05) is 55.8 Å². The van der Waals surface area contributed by atoms with Gasteiger partial charge in [-0.05, 0) is 22.8 Å². The van der Waals surface area contributed by atoms with Crippen molar-refractivity contribution in [2.24, 2.45) is 5.73 Å². The lowest BCUT2D eigenvalue weighted by atomic mass is 9.87. The van der Waals surface area contributed by atoms with Crippen LogP contribution in [0.3, 0.4) is 0 Å². The van der Waals surface area contributed by atoms with Gasteiger partial charge >= 0.3 is 5.97 Å². The number of carbonyl (C=O) groups is 1. The van der Waals surface area contributed by atoms with Gasteiger partial charge in [-0.25, -0.2) is 0 Å². The first kappa shape index (κ1) is 13.6. The standard InChI is InChI=1S/C16H19NO2/c1-2-5-14(15(17)16(18)19)13-9-8-11-6-3-4-7-12(11)10-13/h3-4,6-10,14-15H,2,5,17H2,1H3,(H,18,19). The van der Waals surface area contributed by atoms with Gasteiger partial charge in [0, 0.05) is 5.92 Å². The largest absolute Gasteiger partial charge is 0.480 e. The van der Waals surface area contributed by atoms with E-state index in [-0.39, 0.29) is 5.92 Å². The smallest absolute Gasteiger partial charge is 0.321 e. The highest BCUT2D eigenvalue weighted by molar-refractivity contribution is 5.83. The van der Waals surface area contributed by atoms with Crippen molar-refractivity contribution in [3.05, 3.63) is 48.0 Å². The molecule has 0 saturated carbocycles. The van der Waals surface area contributed by atoms with Crippen LogP contribution in [0.4, 0.5) is 0 Å². The summed E-state index contributed by atoms with van der Waals surface area (Å²) in [4.78, 5) is 11.1. The monoisotopic (exact) mass is 257 g/mol. The topological polar surface area (TPSA) is 63.3 Å². The molecule has 2 atom stereocenters. The average molecular weight is 257 g/mol. The number of aliphatic carboxylic acids is 1. The number of hydrogen-bond acceptors (Lipinski definition) is 2. The lowest BCUT2D eigenvalue weighted by molar-refractivity contribution is -0.139. The first-order chi connectivity index (χ1) is 9.13. The van der Waals surface area contributed by atoms with Crippen molar-refractivity contribution in [1.29, 1.82) is 0 Å². The predicted octanol–water partition coefficient (Wildman–Crippen LogP) is 3.14. The third-order valence-corrected chi connectivity index (χ3v) is 3.52. The number of carboxylic acid groups (broad SMARTS) is 1. The molecule has 19 heavy (non-hydrogen) atoms. The van der Waals surface area contributed by atoms with E-state index in [1.165, 1.54) is 0 Å². The molecule has 0 aromatic heterocycles. The zero-order valence-corrected chi connectivity index (χ0v) is 11.0. The molecule has 2 rings (SSSR count). The Morgan fingerprint density at radius 3 is 2.53 bits per heavy atom. The molecule has 0 saturated heterocycles.